The lowest BCUT2D eigenvalue weighted by atomic mass is 9.96. The van der Waals surface area contributed by atoms with E-state index in [0.29, 0.717) is 12.2 Å². The number of tetrazole rings is 1. The Hall–Kier alpha value is -3.55. The number of rotatable bonds is 9. The molecule has 8 nitrogen and oxygen atoms in total. The van der Waals surface area contributed by atoms with Crippen molar-refractivity contribution in [1.29, 1.82) is 0 Å². The highest BCUT2D eigenvalue weighted by Crippen LogP contribution is 2.31. The Kier molecular flexibility index (Phi) is 7.48. The Balaban J connectivity index is 1.97. The van der Waals surface area contributed by atoms with Gasteiger partial charge in [-0.15, -0.1) is 5.10 Å². The molecule has 1 unspecified atom stereocenters. The summed E-state index contributed by atoms with van der Waals surface area (Å²) in [6.07, 6.45) is 2.06. The van der Waals surface area contributed by atoms with Crippen LogP contribution in [0.5, 0.6) is 0 Å². The number of nitrogens with zero attached hydrogens (tertiary/aromatic N) is 4. The van der Waals surface area contributed by atoms with Crippen molar-refractivity contribution in [3.05, 3.63) is 54.1 Å². The number of nitrogens with one attached hydrogen (secondary N) is 1. The summed E-state index contributed by atoms with van der Waals surface area (Å²) in [7, 11) is 1.33. The Bertz CT molecular complexity index is 1010. The molecule has 1 amide bonds. The maximum Gasteiger partial charge on any atom is 0.328 e. The largest absolute Gasteiger partial charge is 0.467 e. The van der Waals surface area contributed by atoms with Gasteiger partial charge < -0.3 is 9.64 Å². The van der Waals surface area contributed by atoms with E-state index in [4.69, 9.17) is 4.74 Å². The van der Waals surface area contributed by atoms with Crippen molar-refractivity contribution in [3.8, 4) is 22.5 Å². The highest BCUT2D eigenvalue weighted by atomic mass is 16.5. The van der Waals surface area contributed by atoms with E-state index in [2.05, 4.69) is 20.6 Å². The van der Waals surface area contributed by atoms with E-state index in [1.54, 1.807) is 11.8 Å². The number of carbonyl (C=O) groups excluding carboxylic acids is 2. The second-order valence-electron chi connectivity index (χ2n) is 7.32. The molecule has 0 fully saturated rings. The predicted octanol–water partition coefficient (Wildman–Crippen LogP) is 3.61. The molecule has 8 heteroatoms. The molecule has 1 aromatic heterocycles. The van der Waals surface area contributed by atoms with E-state index < -0.39 is 12.0 Å². The summed E-state index contributed by atoms with van der Waals surface area (Å²) in [6.45, 7) is 4.00. The van der Waals surface area contributed by atoms with E-state index in [-0.39, 0.29) is 12.5 Å². The van der Waals surface area contributed by atoms with Gasteiger partial charge in [0.05, 0.1) is 7.11 Å². The van der Waals surface area contributed by atoms with Crippen LogP contribution in [0, 0.1) is 0 Å². The van der Waals surface area contributed by atoms with Crippen molar-refractivity contribution in [2.45, 2.75) is 45.7 Å². The minimum atomic E-state index is -0.682. The highest BCUT2D eigenvalue weighted by molar-refractivity contribution is 5.84. The van der Waals surface area contributed by atoms with Gasteiger partial charge in [-0.1, -0.05) is 55.8 Å². The van der Waals surface area contributed by atoms with Crippen LogP contribution in [0.1, 0.15) is 38.7 Å². The van der Waals surface area contributed by atoms with Crippen molar-refractivity contribution in [2.24, 2.45) is 0 Å². The summed E-state index contributed by atoms with van der Waals surface area (Å²) in [5.74, 6) is 0.0192. The van der Waals surface area contributed by atoms with E-state index in [9.17, 15) is 9.59 Å². The molecule has 1 N–H and O–H groups in total. The predicted molar refractivity (Wildman–Crippen MR) is 117 cm³/mol. The number of unbranched alkanes of at least 4 members (excludes halogenated alkanes) is 1. The maximum absolute atomic E-state index is 12.8. The number of ether oxygens (including phenoxy) is 1. The zero-order valence-corrected chi connectivity index (χ0v) is 18.0. The van der Waals surface area contributed by atoms with Gasteiger partial charge in [-0.2, -0.15) is 0 Å². The molecule has 0 aliphatic heterocycles. The minimum absolute atomic E-state index is 0.0743. The summed E-state index contributed by atoms with van der Waals surface area (Å²) < 4.78 is 4.88. The number of hydrogen-bond donors (Lipinski definition) is 1. The number of aromatic amines is 1. The van der Waals surface area contributed by atoms with Gasteiger partial charge in [-0.05, 0) is 46.5 Å². The molecule has 162 valence electrons. The molecule has 0 radical (unpaired) electrons. The van der Waals surface area contributed by atoms with Gasteiger partial charge in [0.2, 0.25) is 5.91 Å². The van der Waals surface area contributed by atoms with E-state index in [0.717, 1.165) is 35.1 Å². The standard InChI is InChI=1S/C23H27N5O3/c1-4-5-11-21(29)28(16(2)23(30)31-3)15-17-12-13-19(18-9-7-6-8-10-18)20(14-17)22-24-26-27-25-22/h6-10,12-14,16H,4-5,11,15H2,1-3H3,(H,24,25,26,27). The molecule has 0 aliphatic carbocycles. The van der Waals surface area contributed by atoms with Crippen LogP contribution in [0.15, 0.2) is 48.5 Å². The van der Waals surface area contributed by atoms with Gasteiger partial charge in [0, 0.05) is 18.5 Å². The second kappa shape index (κ2) is 10.5. The number of hydrogen-bond acceptors (Lipinski definition) is 6. The number of esters is 1. The second-order valence-corrected chi connectivity index (χ2v) is 7.32. The first-order chi connectivity index (χ1) is 15.0. The van der Waals surface area contributed by atoms with Gasteiger partial charge >= 0.3 is 5.97 Å². The van der Waals surface area contributed by atoms with Gasteiger partial charge in [-0.25, -0.2) is 9.89 Å². The summed E-state index contributed by atoms with van der Waals surface area (Å²) in [5, 5.41) is 14.3. The number of benzene rings is 2. The van der Waals surface area contributed by atoms with Crippen LogP contribution < -0.4 is 0 Å². The Morgan fingerprint density at radius 3 is 2.55 bits per heavy atom. The number of carbonyl (C=O) groups is 2. The van der Waals surface area contributed by atoms with Gasteiger partial charge in [0.25, 0.3) is 0 Å². The molecule has 3 rings (SSSR count). The summed E-state index contributed by atoms with van der Waals surface area (Å²) in [6, 6.07) is 15.1. The fourth-order valence-electron chi connectivity index (χ4n) is 3.44. The van der Waals surface area contributed by atoms with E-state index >= 15 is 0 Å². The fourth-order valence-corrected chi connectivity index (χ4v) is 3.44. The number of aromatic nitrogens is 4. The highest BCUT2D eigenvalue weighted by Gasteiger charge is 2.26. The lowest BCUT2D eigenvalue weighted by molar-refractivity contribution is -0.152. The molecular weight excluding hydrogens is 394 g/mol. The fraction of sp³-hybridized carbons (Fsp3) is 0.348. The molecule has 31 heavy (non-hydrogen) atoms. The third kappa shape index (κ3) is 5.33. The average Bonchev–Trinajstić information content (AvgIpc) is 3.35. The van der Waals surface area contributed by atoms with Crippen LogP contribution in [0.2, 0.25) is 0 Å². The molecule has 0 aliphatic rings. The van der Waals surface area contributed by atoms with Crippen molar-refractivity contribution < 1.29 is 14.3 Å². The van der Waals surface area contributed by atoms with Gasteiger partial charge in [-0.3, -0.25) is 4.79 Å². The smallest absolute Gasteiger partial charge is 0.328 e. The maximum atomic E-state index is 12.8. The Morgan fingerprint density at radius 2 is 1.90 bits per heavy atom. The first-order valence-corrected chi connectivity index (χ1v) is 10.3. The quantitative estimate of drug-likeness (QED) is 0.530. The SMILES string of the molecule is CCCCC(=O)N(Cc1ccc(-c2ccccc2)c(-c2nnn[nH]2)c1)C(C)C(=O)OC. The zero-order valence-electron chi connectivity index (χ0n) is 18.0. The van der Waals surface area contributed by atoms with Gasteiger partial charge in [0.15, 0.2) is 5.82 Å². The Morgan fingerprint density at radius 1 is 1.13 bits per heavy atom. The van der Waals surface area contributed by atoms with E-state index in [1.807, 2.05) is 55.5 Å². The molecule has 0 saturated heterocycles. The van der Waals surface area contributed by atoms with Crippen LogP contribution >= 0.6 is 0 Å². The van der Waals surface area contributed by atoms with Crippen LogP contribution in [0.25, 0.3) is 22.5 Å². The molecule has 0 bridgehead atoms. The molecule has 1 atom stereocenters. The minimum Gasteiger partial charge on any atom is -0.467 e. The first kappa shape index (κ1) is 22.1. The normalized spacial score (nSPS) is 11.7. The van der Waals surface area contributed by atoms with Crippen molar-refractivity contribution in [3.63, 3.8) is 0 Å². The number of amides is 1. The van der Waals surface area contributed by atoms with Crippen molar-refractivity contribution in [1.82, 2.24) is 25.5 Å². The molecular formula is C23H27N5O3. The van der Waals surface area contributed by atoms with Crippen LogP contribution in [-0.4, -0.2) is 50.6 Å². The molecule has 3 aromatic rings. The van der Waals surface area contributed by atoms with E-state index in [1.165, 1.54) is 7.11 Å². The summed E-state index contributed by atoms with van der Waals surface area (Å²) in [5.41, 5.74) is 3.68. The topological polar surface area (TPSA) is 101 Å². The van der Waals surface area contributed by atoms with Crippen molar-refractivity contribution >= 4 is 11.9 Å². The lowest BCUT2D eigenvalue weighted by Crippen LogP contribution is -2.43. The first-order valence-electron chi connectivity index (χ1n) is 10.3. The van der Waals surface area contributed by atoms with Gasteiger partial charge in [0.1, 0.15) is 6.04 Å². The Labute approximate surface area is 181 Å². The van der Waals surface area contributed by atoms with Crippen LogP contribution in [0.3, 0.4) is 0 Å². The van der Waals surface area contributed by atoms with Crippen molar-refractivity contribution in [2.75, 3.05) is 7.11 Å². The summed E-state index contributed by atoms with van der Waals surface area (Å²) in [4.78, 5) is 26.6. The molecule has 0 saturated carbocycles. The lowest BCUT2D eigenvalue weighted by Gasteiger charge is -2.28. The third-order valence-electron chi connectivity index (χ3n) is 5.20. The number of H-pyrrole nitrogens is 1. The number of methoxy groups -OCH3 is 1. The average molecular weight is 422 g/mol. The van der Waals surface area contributed by atoms with Crippen LogP contribution in [0.4, 0.5) is 0 Å². The molecule has 1 heterocycles. The van der Waals surface area contributed by atoms with Crippen LogP contribution in [-0.2, 0) is 20.9 Å². The summed E-state index contributed by atoms with van der Waals surface area (Å²) >= 11 is 0. The third-order valence-corrected chi connectivity index (χ3v) is 5.20. The molecule has 0 spiro atoms. The molecule has 2 aromatic carbocycles. The zero-order chi connectivity index (χ0) is 22.2. The monoisotopic (exact) mass is 421 g/mol.